The second kappa shape index (κ2) is 5.54. The summed E-state index contributed by atoms with van der Waals surface area (Å²) in [6, 6.07) is 13.5. The summed E-state index contributed by atoms with van der Waals surface area (Å²) in [5.74, 6) is -0.432. The number of hydrogen-bond acceptors (Lipinski definition) is 2. The van der Waals surface area contributed by atoms with Crippen LogP contribution in [0.2, 0.25) is 0 Å². The molecule has 0 bridgehead atoms. The van der Waals surface area contributed by atoms with Gasteiger partial charge in [0, 0.05) is 17.2 Å². The van der Waals surface area contributed by atoms with E-state index in [1.54, 1.807) is 18.2 Å². The Morgan fingerprint density at radius 3 is 2.67 bits per heavy atom. The molecule has 0 fully saturated rings. The third-order valence-corrected chi connectivity index (χ3v) is 6.52. The SMILES string of the molecule is O=S1(=O)CC(C(CBr)c2cccc(F)c2)c2ccccc21. The number of benzene rings is 2. The fourth-order valence-corrected chi connectivity index (χ4v) is 5.74. The van der Waals surface area contributed by atoms with Gasteiger partial charge in [-0.1, -0.05) is 46.3 Å². The van der Waals surface area contributed by atoms with E-state index in [0.717, 1.165) is 11.1 Å². The molecule has 2 atom stereocenters. The number of fused-ring (bicyclic) bond motifs is 1. The van der Waals surface area contributed by atoms with Gasteiger partial charge in [0.05, 0.1) is 10.6 Å². The quantitative estimate of drug-likeness (QED) is 0.770. The largest absolute Gasteiger partial charge is 0.224 e. The molecule has 2 aromatic carbocycles. The van der Waals surface area contributed by atoms with Gasteiger partial charge < -0.3 is 0 Å². The van der Waals surface area contributed by atoms with Gasteiger partial charge >= 0.3 is 0 Å². The van der Waals surface area contributed by atoms with E-state index < -0.39 is 9.84 Å². The molecule has 0 aliphatic carbocycles. The van der Waals surface area contributed by atoms with Crippen molar-refractivity contribution in [1.82, 2.24) is 0 Å². The van der Waals surface area contributed by atoms with E-state index >= 15 is 0 Å². The van der Waals surface area contributed by atoms with Crippen molar-refractivity contribution in [3.8, 4) is 0 Å². The second-order valence-electron chi connectivity index (χ2n) is 5.24. The third-order valence-electron chi connectivity index (χ3n) is 3.98. The molecule has 21 heavy (non-hydrogen) atoms. The van der Waals surface area contributed by atoms with Gasteiger partial charge in [-0.3, -0.25) is 0 Å². The summed E-state index contributed by atoms with van der Waals surface area (Å²) in [5.41, 5.74) is 1.66. The standard InChI is InChI=1S/C16H14BrFO2S/c17-9-14(11-4-3-5-12(18)8-11)15-10-21(19,20)16-7-2-1-6-13(15)16/h1-8,14-15H,9-10H2. The molecule has 0 saturated carbocycles. The lowest BCUT2D eigenvalue weighted by molar-refractivity contribution is 0.586. The van der Waals surface area contributed by atoms with Gasteiger partial charge in [-0.05, 0) is 29.3 Å². The fraction of sp³-hybridized carbons (Fsp3) is 0.250. The number of hydrogen-bond donors (Lipinski definition) is 0. The maximum Gasteiger partial charge on any atom is 0.179 e. The Hall–Kier alpha value is -1.20. The van der Waals surface area contributed by atoms with E-state index in [1.807, 2.05) is 18.2 Å². The van der Waals surface area contributed by atoms with Crippen LogP contribution < -0.4 is 0 Å². The minimum absolute atomic E-state index is 0.0703. The van der Waals surface area contributed by atoms with Crippen LogP contribution in [0.5, 0.6) is 0 Å². The smallest absolute Gasteiger partial charge is 0.179 e. The monoisotopic (exact) mass is 368 g/mol. The summed E-state index contributed by atoms with van der Waals surface area (Å²) in [7, 11) is -3.24. The molecule has 0 N–H and O–H groups in total. The average molecular weight is 369 g/mol. The maximum atomic E-state index is 13.5. The zero-order valence-corrected chi connectivity index (χ0v) is 13.6. The van der Waals surface area contributed by atoms with Crippen molar-refractivity contribution in [3.63, 3.8) is 0 Å². The van der Waals surface area contributed by atoms with Crippen molar-refractivity contribution >= 4 is 25.8 Å². The number of halogens is 2. The van der Waals surface area contributed by atoms with Crippen LogP contribution in [0.4, 0.5) is 4.39 Å². The first kappa shape index (κ1) is 14.7. The zero-order chi connectivity index (χ0) is 15.0. The van der Waals surface area contributed by atoms with Gasteiger partial charge in [0.25, 0.3) is 0 Å². The highest BCUT2D eigenvalue weighted by Crippen LogP contribution is 2.44. The van der Waals surface area contributed by atoms with E-state index in [9.17, 15) is 12.8 Å². The molecule has 110 valence electrons. The molecule has 0 saturated heterocycles. The lowest BCUT2D eigenvalue weighted by Gasteiger charge is -2.22. The molecule has 3 rings (SSSR count). The highest BCUT2D eigenvalue weighted by atomic mass is 79.9. The van der Waals surface area contributed by atoms with Crippen LogP contribution >= 0.6 is 15.9 Å². The molecule has 2 aromatic rings. The van der Waals surface area contributed by atoms with E-state index in [2.05, 4.69) is 15.9 Å². The Morgan fingerprint density at radius 1 is 1.19 bits per heavy atom. The van der Waals surface area contributed by atoms with Crippen molar-refractivity contribution in [2.24, 2.45) is 0 Å². The molecule has 2 unspecified atom stereocenters. The molecule has 2 nitrogen and oxygen atoms in total. The lowest BCUT2D eigenvalue weighted by atomic mass is 9.84. The second-order valence-corrected chi connectivity index (χ2v) is 7.89. The highest BCUT2D eigenvalue weighted by Gasteiger charge is 2.38. The molecular weight excluding hydrogens is 355 g/mol. The normalized spacial score (nSPS) is 21.0. The molecule has 0 amide bonds. The van der Waals surface area contributed by atoms with E-state index in [4.69, 9.17) is 0 Å². The van der Waals surface area contributed by atoms with Crippen LogP contribution in [0, 0.1) is 5.82 Å². The predicted octanol–water partition coefficient (Wildman–Crippen LogP) is 3.88. The van der Waals surface area contributed by atoms with Crippen LogP contribution in [0.15, 0.2) is 53.4 Å². The summed E-state index contributed by atoms with van der Waals surface area (Å²) in [4.78, 5) is 0.414. The first-order valence-electron chi connectivity index (χ1n) is 6.66. The van der Waals surface area contributed by atoms with E-state index in [0.29, 0.717) is 10.2 Å². The molecule has 0 radical (unpaired) electrons. The van der Waals surface area contributed by atoms with Crippen molar-refractivity contribution in [1.29, 1.82) is 0 Å². The van der Waals surface area contributed by atoms with Crippen molar-refractivity contribution in [2.45, 2.75) is 16.7 Å². The molecule has 0 spiro atoms. The van der Waals surface area contributed by atoms with Crippen LogP contribution in [0.1, 0.15) is 23.0 Å². The van der Waals surface area contributed by atoms with Gasteiger partial charge in [0.15, 0.2) is 9.84 Å². The maximum absolute atomic E-state index is 13.5. The van der Waals surface area contributed by atoms with Crippen LogP contribution in [0.3, 0.4) is 0 Å². The van der Waals surface area contributed by atoms with Crippen molar-refractivity contribution in [2.75, 3.05) is 11.1 Å². The number of alkyl halides is 1. The number of rotatable bonds is 3. The van der Waals surface area contributed by atoms with Gasteiger partial charge in [0.2, 0.25) is 0 Å². The molecular formula is C16H14BrFO2S. The molecule has 1 heterocycles. The predicted molar refractivity (Wildman–Crippen MR) is 84.2 cm³/mol. The van der Waals surface area contributed by atoms with Gasteiger partial charge in [-0.25, -0.2) is 12.8 Å². The van der Waals surface area contributed by atoms with E-state index in [1.165, 1.54) is 12.1 Å². The Bertz CT molecular complexity index is 773. The molecule has 1 aliphatic heterocycles. The number of sulfone groups is 1. The minimum Gasteiger partial charge on any atom is -0.224 e. The Morgan fingerprint density at radius 2 is 1.95 bits per heavy atom. The van der Waals surface area contributed by atoms with Crippen LogP contribution in [-0.4, -0.2) is 19.5 Å². The first-order chi connectivity index (χ1) is 10.0. The zero-order valence-electron chi connectivity index (χ0n) is 11.2. The summed E-state index contributed by atoms with van der Waals surface area (Å²) in [5, 5.41) is 0.588. The van der Waals surface area contributed by atoms with Crippen molar-refractivity contribution < 1.29 is 12.8 Å². The topological polar surface area (TPSA) is 34.1 Å². The van der Waals surface area contributed by atoms with E-state index in [-0.39, 0.29) is 23.4 Å². The van der Waals surface area contributed by atoms with Gasteiger partial charge in [-0.2, -0.15) is 0 Å². The van der Waals surface area contributed by atoms with Gasteiger partial charge in [0.1, 0.15) is 5.82 Å². The highest BCUT2D eigenvalue weighted by molar-refractivity contribution is 9.09. The summed E-state index contributed by atoms with van der Waals surface area (Å²) >= 11 is 3.46. The Balaban J connectivity index is 2.08. The molecule has 5 heteroatoms. The minimum atomic E-state index is -3.24. The average Bonchev–Trinajstić information content (AvgIpc) is 2.73. The fourth-order valence-electron chi connectivity index (χ4n) is 2.99. The lowest BCUT2D eigenvalue weighted by Crippen LogP contribution is -2.15. The summed E-state index contributed by atoms with van der Waals surface area (Å²) in [6.45, 7) is 0. The third kappa shape index (κ3) is 2.64. The Labute approximate surface area is 132 Å². The van der Waals surface area contributed by atoms with Crippen LogP contribution in [0.25, 0.3) is 0 Å². The summed E-state index contributed by atoms with van der Waals surface area (Å²) < 4.78 is 38.1. The molecule has 0 aromatic heterocycles. The van der Waals surface area contributed by atoms with Crippen molar-refractivity contribution in [3.05, 3.63) is 65.5 Å². The summed E-state index contributed by atoms with van der Waals surface area (Å²) in [6.07, 6.45) is 0. The molecule has 1 aliphatic rings. The van der Waals surface area contributed by atoms with Crippen LogP contribution in [-0.2, 0) is 9.84 Å². The Kier molecular flexibility index (Phi) is 3.88. The first-order valence-corrected chi connectivity index (χ1v) is 9.43. The van der Waals surface area contributed by atoms with Gasteiger partial charge in [-0.15, -0.1) is 0 Å².